The maximum atomic E-state index is 5.19. The minimum atomic E-state index is 0.0235. The Morgan fingerprint density at radius 3 is 1.06 bits per heavy atom. The van der Waals surface area contributed by atoms with Crippen LogP contribution in [0.1, 0.15) is 45.2 Å². The van der Waals surface area contributed by atoms with E-state index in [1.807, 2.05) is 103 Å². The fourth-order valence-electron chi connectivity index (χ4n) is 9.82. The second-order valence-corrected chi connectivity index (χ2v) is 16.9. The van der Waals surface area contributed by atoms with Gasteiger partial charge in [-0.25, -0.2) is 29.9 Å². The highest BCUT2D eigenvalue weighted by Crippen LogP contribution is 2.56. The maximum absolute atomic E-state index is 5.19. The van der Waals surface area contributed by atoms with Crippen LogP contribution in [-0.4, -0.2) is 34.9 Å². The molecule has 8 aromatic carbocycles. The first-order valence-electron chi connectivity index (χ1n) is 22.2. The average molecular weight is 844 g/mol. The van der Waals surface area contributed by atoms with Crippen LogP contribution in [0.5, 0.6) is 0 Å². The lowest BCUT2D eigenvalue weighted by atomic mass is 9.61. The van der Waals surface area contributed by atoms with E-state index in [0.717, 1.165) is 55.4 Å². The molecular weight excluding hydrogens is 807 g/mol. The SMILES string of the molecule is c1ccc(-c2nc(-c3ccccc3)nc(-c3ccc4c(c3)C3c5ccccc5C4c4cc(-c5nc(-c6ccccc6)nc(-c6ccc(-c7cnc8ccccc8c7)cc6)n5)ccc43)n2)cc1. The molecule has 7 heteroatoms. The van der Waals surface area contributed by atoms with Crippen molar-refractivity contribution in [3.63, 3.8) is 0 Å². The molecule has 0 N–H and O–H groups in total. The minimum Gasteiger partial charge on any atom is -0.256 e. The topological polar surface area (TPSA) is 90.2 Å². The highest BCUT2D eigenvalue weighted by molar-refractivity contribution is 5.84. The van der Waals surface area contributed by atoms with Crippen LogP contribution < -0.4 is 0 Å². The van der Waals surface area contributed by atoms with Crippen molar-refractivity contribution in [2.45, 2.75) is 11.8 Å². The monoisotopic (exact) mass is 843 g/mol. The molecule has 3 aliphatic rings. The van der Waals surface area contributed by atoms with Crippen LogP contribution in [0.25, 0.3) is 90.4 Å². The van der Waals surface area contributed by atoms with Gasteiger partial charge in [-0.05, 0) is 63.2 Å². The molecule has 3 aromatic heterocycles. The quantitative estimate of drug-likeness (QED) is 0.158. The van der Waals surface area contributed by atoms with Gasteiger partial charge in [0.15, 0.2) is 34.9 Å². The van der Waals surface area contributed by atoms with E-state index in [9.17, 15) is 0 Å². The molecule has 3 heterocycles. The Kier molecular flexibility index (Phi) is 8.84. The molecule has 2 atom stereocenters. The van der Waals surface area contributed by atoms with Crippen LogP contribution in [0.2, 0.25) is 0 Å². The van der Waals surface area contributed by atoms with E-state index in [4.69, 9.17) is 34.9 Å². The van der Waals surface area contributed by atoms with Gasteiger partial charge in [-0.1, -0.05) is 182 Å². The zero-order valence-corrected chi connectivity index (χ0v) is 35.5. The Morgan fingerprint density at radius 1 is 0.242 bits per heavy atom. The summed E-state index contributed by atoms with van der Waals surface area (Å²) in [6.07, 6.45) is 1.93. The van der Waals surface area contributed by atoms with E-state index in [-0.39, 0.29) is 11.8 Å². The van der Waals surface area contributed by atoms with Crippen molar-refractivity contribution in [3.05, 3.63) is 246 Å². The van der Waals surface area contributed by atoms with Crippen LogP contribution in [0.15, 0.2) is 212 Å². The zero-order chi connectivity index (χ0) is 43.6. The van der Waals surface area contributed by atoms with Gasteiger partial charge in [-0.15, -0.1) is 0 Å². The number of nitrogens with zero attached hydrogens (tertiary/aromatic N) is 7. The molecule has 0 fully saturated rings. The number of hydrogen-bond donors (Lipinski definition) is 0. The van der Waals surface area contributed by atoms with Gasteiger partial charge >= 0.3 is 0 Å². The summed E-state index contributed by atoms with van der Waals surface area (Å²) in [5, 5.41) is 1.11. The van der Waals surface area contributed by atoms with E-state index in [1.165, 1.54) is 33.4 Å². The molecule has 0 radical (unpaired) electrons. The number of rotatable bonds is 7. The molecule has 3 aliphatic carbocycles. The number of fused-ring (bicyclic) bond motifs is 1. The van der Waals surface area contributed by atoms with E-state index in [2.05, 4.69) is 109 Å². The Bertz CT molecular complexity index is 3590. The van der Waals surface area contributed by atoms with Crippen molar-refractivity contribution in [2.75, 3.05) is 0 Å². The van der Waals surface area contributed by atoms with Crippen molar-refractivity contribution in [1.82, 2.24) is 34.9 Å². The lowest BCUT2D eigenvalue weighted by Gasteiger charge is -2.42. The summed E-state index contributed by atoms with van der Waals surface area (Å²) in [5.74, 6) is 3.88. The summed E-state index contributed by atoms with van der Waals surface area (Å²) in [5.41, 5.74) is 16.5. The Labute approximate surface area is 381 Å². The van der Waals surface area contributed by atoms with Crippen molar-refractivity contribution < 1.29 is 0 Å². The van der Waals surface area contributed by atoms with Gasteiger partial charge in [-0.2, -0.15) is 0 Å². The molecule has 0 aliphatic heterocycles. The van der Waals surface area contributed by atoms with Gasteiger partial charge in [0, 0.05) is 62.4 Å². The highest BCUT2D eigenvalue weighted by atomic mass is 15.0. The van der Waals surface area contributed by atoms with Crippen LogP contribution >= 0.6 is 0 Å². The van der Waals surface area contributed by atoms with Gasteiger partial charge in [0.05, 0.1) is 5.52 Å². The summed E-state index contributed by atoms with van der Waals surface area (Å²) in [6.45, 7) is 0. The fourth-order valence-corrected chi connectivity index (χ4v) is 9.82. The number of aromatic nitrogens is 7. The summed E-state index contributed by atoms with van der Waals surface area (Å²) >= 11 is 0. The number of benzene rings is 8. The molecule has 0 spiro atoms. The molecule has 2 bridgehead atoms. The maximum Gasteiger partial charge on any atom is 0.164 e. The first-order valence-corrected chi connectivity index (χ1v) is 22.2. The standard InChI is InChI=1S/C59H37N7/c1-4-14-37(15-5-1)54-61-55(38-16-6-2-7-17-38)64-58(63-54)42-28-30-47-49(33-42)52-45-21-11-12-22-46(45)53(47)50-34-43(29-31-48(50)52)59-65-56(39-18-8-3-9-19-39)62-57(66-59)40-26-24-36(25-27-40)44-32-41-20-10-13-23-51(41)60-35-44/h1-35,52-53H. The average Bonchev–Trinajstić information content (AvgIpc) is 3.40. The normalized spacial score (nSPS) is 14.4. The summed E-state index contributed by atoms with van der Waals surface area (Å²) in [6, 6.07) is 71.7. The predicted octanol–water partition coefficient (Wildman–Crippen LogP) is 13.3. The molecule has 11 aromatic rings. The molecular formula is C59H37N7. The first-order chi connectivity index (χ1) is 32.7. The minimum absolute atomic E-state index is 0.0235. The molecule has 0 saturated carbocycles. The second-order valence-electron chi connectivity index (χ2n) is 16.9. The van der Waals surface area contributed by atoms with Crippen molar-refractivity contribution >= 4 is 10.9 Å². The largest absolute Gasteiger partial charge is 0.256 e. The number of pyridine rings is 1. The van der Waals surface area contributed by atoms with Crippen LogP contribution in [0.4, 0.5) is 0 Å². The van der Waals surface area contributed by atoms with Crippen LogP contribution in [-0.2, 0) is 0 Å². The van der Waals surface area contributed by atoms with E-state index < -0.39 is 0 Å². The third-order valence-corrected chi connectivity index (χ3v) is 13.0. The lowest BCUT2D eigenvalue weighted by Crippen LogP contribution is -2.27. The Balaban J connectivity index is 0.904. The molecule has 0 amide bonds. The Morgan fingerprint density at radius 2 is 0.591 bits per heavy atom. The lowest BCUT2D eigenvalue weighted by molar-refractivity contribution is 0.754. The first kappa shape index (κ1) is 37.7. The van der Waals surface area contributed by atoms with Gasteiger partial charge in [-0.3, -0.25) is 4.98 Å². The molecule has 2 unspecified atom stereocenters. The summed E-state index contributed by atoms with van der Waals surface area (Å²) in [7, 11) is 0. The third kappa shape index (κ3) is 6.48. The molecule has 66 heavy (non-hydrogen) atoms. The smallest absolute Gasteiger partial charge is 0.164 e. The molecule has 14 rings (SSSR count). The van der Waals surface area contributed by atoms with E-state index >= 15 is 0 Å². The van der Waals surface area contributed by atoms with Crippen molar-refractivity contribution in [1.29, 1.82) is 0 Å². The zero-order valence-electron chi connectivity index (χ0n) is 35.5. The van der Waals surface area contributed by atoms with Gasteiger partial charge in [0.2, 0.25) is 0 Å². The van der Waals surface area contributed by atoms with E-state index in [0.29, 0.717) is 34.9 Å². The summed E-state index contributed by atoms with van der Waals surface area (Å²) < 4.78 is 0. The molecule has 7 nitrogen and oxygen atoms in total. The van der Waals surface area contributed by atoms with Gasteiger partial charge in [0.25, 0.3) is 0 Å². The fraction of sp³-hybridized carbons (Fsp3) is 0.0339. The number of para-hydroxylation sites is 1. The van der Waals surface area contributed by atoms with Crippen LogP contribution in [0.3, 0.4) is 0 Å². The van der Waals surface area contributed by atoms with Gasteiger partial charge < -0.3 is 0 Å². The summed E-state index contributed by atoms with van der Waals surface area (Å²) in [4.78, 5) is 35.2. The molecule has 308 valence electrons. The third-order valence-electron chi connectivity index (χ3n) is 13.0. The predicted molar refractivity (Wildman–Crippen MR) is 261 cm³/mol. The van der Waals surface area contributed by atoms with Gasteiger partial charge in [0.1, 0.15) is 0 Å². The second kappa shape index (κ2) is 15.5. The van der Waals surface area contributed by atoms with E-state index in [1.54, 1.807) is 0 Å². The van der Waals surface area contributed by atoms with Crippen molar-refractivity contribution in [2.24, 2.45) is 0 Å². The highest BCUT2D eigenvalue weighted by Gasteiger charge is 2.41. The molecule has 0 saturated heterocycles. The van der Waals surface area contributed by atoms with Crippen molar-refractivity contribution in [3.8, 4) is 79.5 Å². The van der Waals surface area contributed by atoms with Crippen LogP contribution in [0, 0.1) is 0 Å². The Hall–Kier alpha value is -8.81. The number of hydrogen-bond acceptors (Lipinski definition) is 7.